The van der Waals surface area contributed by atoms with Crippen molar-refractivity contribution in [2.45, 2.75) is 0 Å². The second-order valence-corrected chi connectivity index (χ2v) is 3.99. The monoisotopic (exact) mass is 271 g/mol. The average Bonchev–Trinajstić information content (AvgIpc) is 2.44. The Morgan fingerprint density at radius 1 is 0.750 bits per heavy atom. The number of fused-ring (bicyclic) bond motifs is 2. The van der Waals surface area contributed by atoms with Gasteiger partial charge in [-0.05, 0) is 0 Å². The number of benzene rings is 2. The molecule has 1 aliphatic carbocycles. The Kier molecular flexibility index (Phi) is 3.56. The summed E-state index contributed by atoms with van der Waals surface area (Å²) in [6, 6.07) is 13.9. The lowest BCUT2D eigenvalue weighted by atomic mass is 9.84. The Bertz CT molecular complexity index is 599. The summed E-state index contributed by atoms with van der Waals surface area (Å²) in [7, 11) is 0. The fourth-order valence-electron chi connectivity index (χ4n) is 2.05. The van der Waals surface area contributed by atoms with Gasteiger partial charge in [0.25, 0.3) is 5.09 Å². The molecule has 0 atom stereocenters. The van der Waals surface area contributed by atoms with E-state index in [0.717, 1.165) is 0 Å². The molecule has 0 heterocycles. The zero-order valence-electron chi connectivity index (χ0n) is 10.1. The molecule has 1 aliphatic rings. The van der Waals surface area contributed by atoms with Gasteiger partial charge < -0.3 is 5.21 Å². The van der Waals surface area contributed by atoms with Crippen molar-refractivity contribution in [3.8, 4) is 0 Å². The van der Waals surface area contributed by atoms with E-state index in [4.69, 9.17) is 15.3 Å². The van der Waals surface area contributed by atoms with E-state index >= 15 is 0 Å². The molecule has 0 aromatic heterocycles. The average molecular weight is 271 g/mol. The Morgan fingerprint density at radius 3 is 1.15 bits per heavy atom. The van der Waals surface area contributed by atoms with Gasteiger partial charge in [-0.1, -0.05) is 48.5 Å². The van der Waals surface area contributed by atoms with Crippen molar-refractivity contribution >= 4 is 11.6 Å². The van der Waals surface area contributed by atoms with Gasteiger partial charge in [-0.15, -0.1) is 10.1 Å². The molecule has 0 fully saturated rings. The topological polar surface area (TPSA) is 97.5 Å². The summed E-state index contributed by atoms with van der Waals surface area (Å²) in [5, 5.41) is 13.6. The summed E-state index contributed by atoms with van der Waals surface area (Å²) < 4.78 is 0. The zero-order chi connectivity index (χ0) is 14.7. The molecule has 3 rings (SSSR count). The molecule has 2 aromatic rings. The molecule has 1 N–H and O–H groups in total. The summed E-state index contributed by atoms with van der Waals surface area (Å²) in [6.45, 7) is 0. The molecular weight excluding hydrogens is 262 g/mol. The van der Waals surface area contributed by atoms with Crippen LogP contribution in [0, 0.1) is 10.1 Å². The van der Waals surface area contributed by atoms with Crippen molar-refractivity contribution in [3.05, 3.63) is 80.9 Å². The maximum Gasteiger partial charge on any atom is 0.291 e. The number of ketones is 2. The summed E-state index contributed by atoms with van der Waals surface area (Å²) in [6.07, 6.45) is 0. The maximum absolute atomic E-state index is 12.1. The largest absolute Gasteiger partial charge is 0.328 e. The predicted molar refractivity (Wildman–Crippen MR) is 68.5 cm³/mol. The summed E-state index contributed by atoms with van der Waals surface area (Å²) in [5.41, 5.74) is 2.02. The van der Waals surface area contributed by atoms with Crippen molar-refractivity contribution < 1.29 is 19.9 Å². The minimum absolute atomic E-state index is 0.0641. The van der Waals surface area contributed by atoms with Crippen LogP contribution in [0.3, 0.4) is 0 Å². The Hall–Kier alpha value is -3.02. The number of hydrogen-bond donors (Lipinski definition) is 1. The van der Waals surface area contributed by atoms with Crippen molar-refractivity contribution in [3.63, 3.8) is 0 Å². The van der Waals surface area contributed by atoms with Crippen molar-refractivity contribution in [1.82, 2.24) is 0 Å². The second kappa shape index (κ2) is 5.31. The molecular formula is C14H9NO5. The van der Waals surface area contributed by atoms with Gasteiger partial charge in [-0.25, -0.2) is 0 Å². The first kappa shape index (κ1) is 13.4. The molecule has 0 saturated heterocycles. The van der Waals surface area contributed by atoms with Crippen LogP contribution in [0.15, 0.2) is 48.5 Å². The fraction of sp³-hybridized carbons (Fsp3) is 0. The molecule has 0 saturated carbocycles. The highest BCUT2D eigenvalue weighted by Gasteiger charge is 2.28. The molecule has 2 aromatic carbocycles. The van der Waals surface area contributed by atoms with Crippen molar-refractivity contribution in [1.29, 1.82) is 0 Å². The van der Waals surface area contributed by atoms with Crippen molar-refractivity contribution in [2.24, 2.45) is 0 Å². The fourth-order valence-corrected chi connectivity index (χ4v) is 2.05. The van der Waals surface area contributed by atoms with Crippen LogP contribution < -0.4 is 0 Å². The molecule has 100 valence electrons. The standard InChI is InChI=1S/C14H8O2.HNO3/c15-13-9-5-1-2-6-10(9)14(16)12-8-4-3-7-11(12)13;2-1(3)4/h1-8H;(H,2,3,4). The molecule has 6 heteroatoms. The van der Waals surface area contributed by atoms with Crippen LogP contribution in [-0.4, -0.2) is 21.9 Å². The first-order chi connectivity index (χ1) is 9.52. The van der Waals surface area contributed by atoms with Gasteiger partial charge in [0.2, 0.25) is 0 Å². The third-order valence-corrected chi connectivity index (χ3v) is 2.83. The van der Waals surface area contributed by atoms with E-state index in [1.807, 2.05) is 0 Å². The van der Waals surface area contributed by atoms with Crippen LogP contribution in [0.25, 0.3) is 0 Å². The van der Waals surface area contributed by atoms with E-state index in [9.17, 15) is 9.59 Å². The van der Waals surface area contributed by atoms with E-state index in [-0.39, 0.29) is 11.6 Å². The number of hydrogen-bond acceptors (Lipinski definition) is 4. The van der Waals surface area contributed by atoms with Gasteiger partial charge >= 0.3 is 0 Å². The minimum Gasteiger partial charge on any atom is -0.328 e. The van der Waals surface area contributed by atoms with Gasteiger partial charge in [0, 0.05) is 22.3 Å². The van der Waals surface area contributed by atoms with Gasteiger partial charge in [0.15, 0.2) is 11.6 Å². The van der Waals surface area contributed by atoms with Crippen molar-refractivity contribution in [2.75, 3.05) is 0 Å². The summed E-state index contributed by atoms with van der Waals surface area (Å²) in [5.74, 6) is -0.128. The van der Waals surface area contributed by atoms with Crippen LogP contribution >= 0.6 is 0 Å². The molecule has 20 heavy (non-hydrogen) atoms. The molecule has 0 radical (unpaired) electrons. The van der Waals surface area contributed by atoms with Crippen LogP contribution in [0.4, 0.5) is 0 Å². The number of rotatable bonds is 0. The third-order valence-electron chi connectivity index (χ3n) is 2.83. The van der Waals surface area contributed by atoms with E-state index in [0.29, 0.717) is 22.3 Å². The third kappa shape index (κ3) is 2.39. The van der Waals surface area contributed by atoms with Gasteiger partial charge in [-0.2, -0.15) is 0 Å². The van der Waals surface area contributed by atoms with E-state index in [1.165, 1.54) is 0 Å². The van der Waals surface area contributed by atoms with Crippen LogP contribution in [0.2, 0.25) is 0 Å². The Labute approximate surface area is 113 Å². The van der Waals surface area contributed by atoms with Gasteiger partial charge in [-0.3, -0.25) is 9.59 Å². The quantitative estimate of drug-likeness (QED) is 0.499. The number of carbonyl (C=O) groups excluding carboxylic acids is 2. The summed E-state index contributed by atoms with van der Waals surface area (Å²) >= 11 is 0. The molecule has 0 unspecified atom stereocenters. The zero-order valence-corrected chi connectivity index (χ0v) is 10.1. The first-order valence-corrected chi connectivity index (χ1v) is 5.63. The van der Waals surface area contributed by atoms with E-state index in [2.05, 4.69) is 0 Å². The van der Waals surface area contributed by atoms with Gasteiger partial charge in [0.1, 0.15) is 0 Å². The minimum atomic E-state index is -1.50. The lowest BCUT2D eigenvalue weighted by Crippen LogP contribution is -2.20. The number of carbonyl (C=O) groups is 2. The van der Waals surface area contributed by atoms with Crippen LogP contribution in [0.5, 0.6) is 0 Å². The highest BCUT2D eigenvalue weighted by atomic mass is 16.9. The highest BCUT2D eigenvalue weighted by Crippen LogP contribution is 2.26. The lowest BCUT2D eigenvalue weighted by molar-refractivity contribution is -0.742. The molecule has 0 bridgehead atoms. The van der Waals surface area contributed by atoms with Gasteiger partial charge in [0.05, 0.1) is 0 Å². The smallest absolute Gasteiger partial charge is 0.291 e. The van der Waals surface area contributed by atoms with Crippen LogP contribution in [-0.2, 0) is 0 Å². The lowest BCUT2D eigenvalue weighted by Gasteiger charge is -2.16. The molecule has 6 nitrogen and oxygen atoms in total. The predicted octanol–water partition coefficient (Wildman–Crippen LogP) is 2.11. The normalized spacial score (nSPS) is 11.8. The van der Waals surface area contributed by atoms with E-state index < -0.39 is 5.09 Å². The molecule has 0 spiro atoms. The Morgan fingerprint density at radius 2 is 0.950 bits per heavy atom. The molecule has 0 amide bonds. The van der Waals surface area contributed by atoms with E-state index in [1.54, 1.807) is 48.5 Å². The SMILES string of the molecule is O=C1c2ccccc2C(=O)c2ccccc21.O=[N+]([O-])O. The molecule has 0 aliphatic heterocycles. The summed E-state index contributed by atoms with van der Waals surface area (Å²) in [4.78, 5) is 32.6. The van der Waals surface area contributed by atoms with Crippen LogP contribution in [0.1, 0.15) is 31.8 Å². The first-order valence-electron chi connectivity index (χ1n) is 5.63. The highest BCUT2D eigenvalue weighted by molar-refractivity contribution is 6.28. The Balaban J connectivity index is 0.000000328. The second-order valence-electron chi connectivity index (χ2n) is 3.99. The maximum atomic E-state index is 12.1. The number of nitrogens with zero attached hydrogens (tertiary/aromatic N) is 1.